The Hall–Kier alpha value is -1.50. The minimum Gasteiger partial charge on any atom is -0.316 e. The van der Waals surface area contributed by atoms with Gasteiger partial charge >= 0.3 is 0 Å². The number of carbonyl (C=O) groups is 1. The molecular formula is C15H18N4OS. The number of thiazole rings is 1. The van der Waals surface area contributed by atoms with Gasteiger partial charge in [-0.2, -0.15) is 0 Å². The molecule has 1 aromatic carbocycles. The number of para-hydroxylation sites is 1. The molecule has 2 aromatic rings. The quantitative estimate of drug-likeness (QED) is 0.899. The molecule has 0 bridgehead atoms. The number of hydrogen-bond donors (Lipinski definition) is 2. The smallest absolute Gasteiger partial charge is 0.240 e. The van der Waals surface area contributed by atoms with Crippen LogP contribution in [0.25, 0.3) is 10.2 Å². The minimum absolute atomic E-state index is 0.0435. The highest BCUT2D eigenvalue weighted by atomic mass is 32.1. The number of amides is 1. The van der Waals surface area contributed by atoms with E-state index >= 15 is 0 Å². The van der Waals surface area contributed by atoms with Crippen LogP contribution < -0.4 is 10.6 Å². The first-order chi connectivity index (χ1) is 10.3. The summed E-state index contributed by atoms with van der Waals surface area (Å²) < 4.78 is 1.11. The van der Waals surface area contributed by atoms with Gasteiger partial charge in [-0.1, -0.05) is 23.5 Å². The molecule has 2 N–H and O–H groups in total. The van der Waals surface area contributed by atoms with Gasteiger partial charge < -0.3 is 10.6 Å². The summed E-state index contributed by atoms with van der Waals surface area (Å²) in [6, 6.07) is 7.95. The van der Waals surface area contributed by atoms with Crippen molar-refractivity contribution < 1.29 is 4.79 Å². The van der Waals surface area contributed by atoms with Crippen molar-refractivity contribution in [2.75, 3.05) is 38.0 Å². The molecule has 0 saturated carbocycles. The minimum atomic E-state index is 0.0435. The zero-order valence-electron chi connectivity index (χ0n) is 11.7. The Morgan fingerprint density at radius 1 is 1.33 bits per heavy atom. The lowest BCUT2D eigenvalue weighted by atomic mass is 10.0. The highest BCUT2D eigenvalue weighted by Gasteiger charge is 2.36. The van der Waals surface area contributed by atoms with Crippen molar-refractivity contribution in [1.29, 1.82) is 0 Å². The molecule has 6 heteroatoms. The van der Waals surface area contributed by atoms with E-state index in [9.17, 15) is 4.79 Å². The highest BCUT2D eigenvalue weighted by molar-refractivity contribution is 7.22. The average molecular weight is 302 g/mol. The first kappa shape index (κ1) is 13.2. The molecule has 2 saturated heterocycles. The van der Waals surface area contributed by atoms with Gasteiger partial charge in [0.25, 0.3) is 0 Å². The molecule has 2 unspecified atom stereocenters. The Bertz CT molecular complexity index is 625. The van der Waals surface area contributed by atoms with Gasteiger partial charge in [0.15, 0.2) is 5.13 Å². The molecular weight excluding hydrogens is 284 g/mol. The maximum absolute atomic E-state index is 12.2. The molecule has 2 atom stereocenters. The number of hydrogen-bond acceptors (Lipinski definition) is 5. The molecule has 1 aromatic heterocycles. The second-order valence-corrected chi connectivity index (χ2v) is 6.94. The Balaban J connectivity index is 1.37. The number of fused-ring (bicyclic) bond motifs is 2. The Kier molecular flexibility index (Phi) is 3.37. The molecule has 21 heavy (non-hydrogen) atoms. The third-order valence-electron chi connectivity index (χ3n) is 4.37. The summed E-state index contributed by atoms with van der Waals surface area (Å²) in [5.74, 6) is 1.49. The van der Waals surface area contributed by atoms with Crippen LogP contribution in [0.5, 0.6) is 0 Å². The van der Waals surface area contributed by atoms with Crippen LogP contribution >= 0.6 is 11.3 Å². The number of rotatable bonds is 3. The number of carbonyl (C=O) groups excluding carboxylic acids is 1. The van der Waals surface area contributed by atoms with Crippen molar-refractivity contribution in [3.63, 3.8) is 0 Å². The molecule has 0 radical (unpaired) electrons. The predicted molar refractivity (Wildman–Crippen MR) is 84.5 cm³/mol. The van der Waals surface area contributed by atoms with Crippen molar-refractivity contribution in [2.45, 2.75) is 0 Å². The van der Waals surface area contributed by atoms with Crippen LogP contribution in [0.4, 0.5) is 5.13 Å². The third kappa shape index (κ3) is 2.66. The Labute approximate surface area is 127 Å². The maximum atomic E-state index is 12.2. The van der Waals surface area contributed by atoms with Crippen molar-refractivity contribution >= 4 is 32.6 Å². The van der Waals surface area contributed by atoms with Gasteiger partial charge in [-0.15, -0.1) is 0 Å². The van der Waals surface area contributed by atoms with Gasteiger partial charge in [0.1, 0.15) is 0 Å². The van der Waals surface area contributed by atoms with E-state index in [0.29, 0.717) is 11.7 Å². The summed E-state index contributed by atoms with van der Waals surface area (Å²) in [5.41, 5.74) is 0.944. The molecule has 0 aliphatic carbocycles. The SMILES string of the molecule is O=C(CN1CC2CNCC2C1)Nc1nc2ccccc2s1. The number of anilines is 1. The molecule has 1 amide bonds. The van der Waals surface area contributed by atoms with E-state index in [1.807, 2.05) is 24.3 Å². The van der Waals surface area contributed by atoms with Gasteiger partial charge in [-0.05, 0) is 37.1 Å². The van der Waals surface area contributed by atoms with Crippen LogP contribution in [-0.4, -0.2) is 48.5 Å². The van der Waals surface area contributed by atoms with Crippen LogP contribution in [-0.2, 0) is 4.79 Å². The van der Waals surface area contributed by atoms with Gasteiger partial charge in [0.2, 0.25) is 5.91 Å². The fourth-order valence-corrected chi connectivity index (χ4v) is 4.25. The number of aromatic nitrogens is 1. The van der Waals surface area contributed by atoms with Crippen molar-refractivity contribution in [3.05, 3.63) is 24.3 Å². The molecule has 5 nitrogen and oxygen atoms in total. The van der Waals surface area contributed by atoms with E-state index < -0.39 is 0 Å². The third-order valence-corrected chi connectivity index (χ3v) is 5.32. The second kappa shape index (κ2) is 5.36. The lowest BCUT2D eigenvalue weighted by Gasteiger charge is -2.15. The van der Waals surface area contributed by atoms with E-state index in [1.54, 1.807) is 0 Å². The van der Waals surface area contributed by atoms with Gasteiger partial charge in [-0.3, -0.25) is 9.69 Å². The topological polar surface area (TPSA) is 57.3 Å². The number of benzene rings is 1. The van der Waals surface area contributed by atoms with Gasteiger partial charge in [0.05, 0.1) is 16.8 Å². The van der Waals surface area contributed by atoms with Crippen LogP contribution in [0.15, 0.2) is 24.3 Å². The molecule has 4 rings (SSSR count). The van der Waals surface area contributed by atoms with E-state index in [2.05, 4.69) is 20.5 Å². The van der Waals surface area contributed by atoms with Crippen LogP contribution in [0, 0.1) is 11.8 Å². The van der Waals surface area contributed by atoms with Gasteiger partial charge in [0, 0.05) is 13.1 Å². The molecule has 3 heterocycles. The summed E-state index contributed by atoms with van der Waals surface area (Å²) in [6.45, 7) is 4.74. The number of nitrogens with one attached hydrogen (secondary N) is 2. The fraction of sp³-hybridized carbons (Fsp3) is 0.467. The average Bonchev–Trinajstić information content (AvgIpc) is 3.11. The van der Waals surface area contributed by atoms with E-state index in [1.165, 1.54) is 11.3 Å². The van der Waals surface area contributed by atoms with Crippen molar-refractivity contribution in [3.8, 4) is 0 Å². The second-order valence-electron chi connectivity index (χ2n) is 5.91. The summed E-state index contributed by atoms with van der Waals surface area (Å²) in [6.07, 6.45) is 0. The lowest BCUT2D eigenvalue weighted by molar-refractivity contribution is -0.117. The van der Waals surface area contributed by atoms with Crippen molar-refractivity contribution in [2.24, 2.45) is 11.8 Å². The van der Waals surface area contributed by atoms with E-state index in [-0.39, 0.29) is 5.91 Å². The number of nitrogens with zero attached hydrogens (tertiary/aromatic N) is 2. The molecule has 2 aliphatic rings. The summed E-state index contributed by atoms with van der Waals surface area (Å²) in [7, 11) is 0. The number of likely N-dealkylation sites (tertiary alicyclic amines) is 1. The predicted octanol–water partition coefficient (Wildman–Crippen LogP) is 1.39. The summed E-state index contributed by atoms with van der Waals surface area (Å²) >= 11 is 1.53. The monoisotopic (exact) mass is 302 g/mol. The van der Waals surface area contributed by atoms with Gasteiger partial charge in [-0.25, -0.2) is 4.98 Å². The fourth-order valence-electron chi connectivity index (χ4n) is 3.37. The standard InChI is InChI=1S/C15H18N4OS/c20-14(9-19-7-10-5-16-6-11(10)8-19)18-15-17-12-3-1-2-4-13(12)21-15/h1-4,10-11,16H,5-9H2,(H,17,18,20). The van der Waals surface area contributed by atoms with Crippen LogP contribution in [0.1, 0.15) is 0 Å². The van der Waals surface area contributed by atoms with E-state index in [4.69, 9.17) is 0 Å². The lowest BCUT2D eigenvalue weighted by Crippen LogP contribution is -2.33. The van der Waals surface area contributed by atoms with E-state index in [0.717, 1.165) is 48.2 Å². The highest BCUT2D eigenvalue weighted by Crippen LogP contribution is 2.27. The molecule has 110 valence electrons. The Morgan fingerprint density at radius 3 is 2.86 bits per heavy atom. The summed E-state index contributed by atoms with van der Waals surface area (Å²) in [5, 5.41) is 7.05. The largest absolute Gasteiger partial charge is 0.316 e. The first-order valence-electron chi connectivity index (χ1n) is 7.36. The zero-order chi connectivity index (χ0) is 14.2. The molecule has 2 fully saturated rings. The first-order valence-corrected chi connectivity index (χ1v) is 8.18. The van der Waals surface area contributed by atoms with Crippen molar-refractivity contribution in [1.82, 2.24) is 15.2 Å². The summed E-state index contributed by atoms with van der Waals surface area (Å²) in [4.78, 5) is 18.9. The maximum Gasteiger partial charge on any atom is 0.240 e. The van der Waals surface area contributed by atoms with Crippen LogP contribution in [0.3, 0.4) is 0 Å². The van der Waals surface area contributed by atoms with Crippen LogP contribution in [0.2, 0.25) is 0 Å². The zero-order valence-corrected chi connectivity index (χ0v) is 12.5. The normalized spacial score (nSPS) is 25.3. The molecule has 2 aliphatic heterocycles. The Morgan fingerprint density at radius 2 is 2.10 bits per heavy atom. The molecule has 0 spiro atoms.